The number of rotatable bonds is 6. The van der Waals surface area contributed by atoms with Crippen LogP contribution in [0.1, 0.15) is 32.6 Å². The molecule has 18 heavy (non-hydrogen) atoms. The Morgan fingerprint density at radius 3 is 2.56 bits per heavy atom. The number of hydrogen-bond acceptors (Lipinski definition) is 4. The number of methoxy groups -OCH3 is 1. The normalized spacial score (nSPS) is 28.8. The molecule has 1 aliphatic carbocycles. The van der Waals surface area contributed by atoms with Gasteiger partial charge in [-0.15, -0.1) is 0 Å². The van der Waals surface area contributed by atoms with Crippen molar-refractivity contribution in [3.63, 3.8) is 0 Å². The van der Waals surface area contributed by atoms with Crippen LogP contribution in [0.2, 0.25) is 0 Å². The fraction of sp³-hybridized carbons (Fsp3) is 0.909. The zero-order valence-electron chi connectivity index (χ0n) is 10.9. The number of nitrogens with zero attached hydrogens (tertiary/aromatic N) is 1. The molecule has 1 fully saturated rings. The maximum absolute atomic E-state index is 11.8. The van der Waals surface area contributed by atoms with Crippen molar-refractivity contribution in [3.05, 3.63) is 0 Å². The summed E-state index contributed by atoms with van der Waals surface area (Å²) in [6, 6.07) is 2.12. The molecular formula is C11H21N3O3S. The van der Waals surface area contributed by atoms with Crippen LogP contribution in [0.25, 0.3) is 0 Å². The molecule has 0 saturated heterocycles. The zero-order chi connectivity index (χ0) is 13.6. The van der Waals surface area contributed by atoms with E-state index in [-0.39, 0.29) is 6.54 Å². The first kappa shape index (κ1) is 15.4. The molecular weight excluding hydrogens is 254 g/mol. The van der Waals surface area contributed by atoms with Gasteiger partial charge >= 0.3 is 0 Å². The molecule has 1 rings (SSSR count). The molecule has 0 spiro atoms. The van der Waals surface area contributed by atoms with Crippen LogP contribution in [0.4, 0.5) is 0 Å². The van der Waals surface area contributed by atoms with Crippen LogP contribution in [0.3, 0.4) is 0 Å². The Hall–Kier alpha value is -0.680. The van der Waals surface area contributed by atoms with Crippen molar-refractivity contribution >= 4 is 10.2 Å². The minimum atomic E-state index is -3.64. The Morgan fingerprint density at radius 2 is 2.06 bits per heavy atom. The van der Waals surface area contributed by atoms with Gasteiger partial charge in [0, 0.05) is 13.7 Å². The molecule has 0 heterocycles. The summed E-state index contributed by atoms with van der Waals surface area (Å²) in [5.41, 5.74) is -0.953. The summed E-state index contributed by atoms with van der Waals surface area (Å²) in [4.78, 5) is 0. The summed E-state index contributed by atoms with van der Waals surface area (Å²) >= 11 is 0. The molecule has 0 aromatic rings. The second kappa shape index (κ2) is 6.48. The molecule has 7 heteroatoms. The van der Waals surface area contributed by atoms with Crippen molar-refractivity contribution in [2.45, 2.75) is 38.1 Å². The van der Waals surface area contributed by atoms with Crippen molar-refractivity contribution in [2.24, 2.45) is 5.92 Å². The summed E-state index contributed by atoms with van der Waals surface area (Å²) < 4.78 is 33.2. The smallest absolute Gasteiger partial charge is 0.278 e. The first-order chi connectivity index (χ1) is 8.43. The standard InChI is InChI=1S/C11H21N3O3S/c1-10-3-5-11(9-12,6-4-10)14-18(15,16)13-7-8-17-2/h10,13-14H,3-8H2,1-2H3. The van der Waals surface area contributed by atoms with E-state index in [1.807, 2.05) is 0 Å². The van der Waals surface area contributed by atoms with Gasteiger partial charge in [0.15, 0.2) is 0 Å². The van der Waals surface area contributed by atoms with Crippen molar-refractivity contribution in [3.8, 4) is 6.07 Å². The molecule has 0 atom stereocenters. The van der Waals surface area contributed by atoms with Gasteiger partial charge in [0.1, 0.15) is 5.54 Å². The molecule has 0 bridgehead atoms. The predicted molar refractivity (Wildman–Crippen MR) is 67.9 cm³/mol. The average molecular weight is 275 g/mol. The van der Waals surface area contributed by atoms with E-state index in [2.05, 4.69) is 22.4 Å². The third-order valence-corrected chi connectivity index (χ3v) is 4.51. The maximum Gasteiger partial charge on any atom is 0.278 e. The van der Waals surface area contributed by atoms with Crippen LogP contribution in [0, 0.1) is 17.2 Å². The van der Waals surface area contributed by atoms with E-state index in [0.29, 0.717) is 25.4 Å². The minimum absolute atomic E-state index is 0.198. The maximum atomic E-state index is 11.8. The fourth-order valence-electron chi connectivity index (χ4n) is 2.06. The molecule has 2 N–H and O–H groups in total. The van der Waals surface area contributed by atoms with E-state index < -0.39 is 15.7 Å². The van der Waals surface area contributed by atoms with Gasteiger partial charge in [-0.25, -0.2) is 0 Å². The molecule has 6 nitrogen and oxygen atoms in total. The summed E-state index contributed by atoms with van der Waals surface area (Å²) in [5.74, 6) is 0.553. The number of nitrogens with one attached hydrogen (secondary N) is 2. The first-order valence-electron chi connectivity index (χ1n) is 6.12. The second-order valence-corrected chi connectivity index (χ2v) is 6.37. The van der Waals surface area contributed by atoms with Crippen LogP contribution in [-0.4, -0.2) is 34.2 Å². The van der Waals surface area contributed by atoms with Gasteiger partial charge in [-0.3, -0.25) is 0 Å². The summed E-state index contributed by atoms with van der Waals surface area (Å²) in [6.45, 7) is 2.62. The zero-order valence-corrected chi connectivity index (χ0v) is 11.7. The Balaban J connectivity index is 2.60. The Bertz CT molecular complexity index is 394. The van der Waals surface area contributed by atoms with E-state index in [0.717, 1.165) is 12.8 Å². The highest BCUT2D eigenvalue weighted by Crippen LogP contribution is 2.31. The Labute approximate surface area is 109 Å². The van der Waals surface area contributed by atoms with E-state index in [9.17, 15) is 13.7 Å². The lowest BCUT2D eigenvalue weighted by molar-refractivity contribution is 0.204. The predicted octanol–water partition coefficient (Wildman–Crippen LogP) is 0.529. The van der Waals surface area contributed by atoms with E-state index >= 15 is 0 Å². The van der Waals surface area contributed by atoms with Gasteiger partial charge in [0.25, 0.3) is 10.2 Å². The lowest BCUT2D eigenvalue weighted by Gasteiger charge is -2.33. The Morgan fingerprint density at radius 1 is 1.44 bits per heavy atom. The summed E-state index contributed by atoms with van der Waals surface area (Å²) in [5, 5.41) is 9.23. The lowest BCUT2D eigenvalue weighted by atomic mass is 9.79. The van der Waals surface area contributed by atoms with Gasteiger partial charge in [0.2, 0.25) is 0 Å². The largest absolute Gasteiger partial charge is 0.383 e. The molecule has 0 aromatic heterocycles. The van der Waals surface area contributed by atoms with Crippen molar-refractivity contribution in [1.29, 1.82) is 5.26 Å². The topological polar surface area (TPSA) is 91.2 Å². The molecule has 0 amide bonds. The quantitative estimate of drug-likeness (QED) is 0.692. The van der Waals surface area contributed by atoms with Crippen molar-refractivity contribution < 1.29 is 13.2 Å². The Kier molecular flexibility index (Phi) is 5.53. The molecule has 104 valence electrons. The van der Waals surface area contributed by atoms with E-state index in [1.54, 1.807) is 0 Å². The van der Waals surface area contributed by atoms with Gasteiger partial charge in [-0.2, -0.15) is 23.1 Å². The van der Waals surface area contributed by atoms with Gasteiger partial charge in [0.05, 0.1) is 12.7 Å². The molecule has 0 aliphatic heterocycles. The molecule has 0 aromatic carbocycles. The molecule has 0 unspecified atom stereocenters. The highest BCUT2D eigenvalue weighted by molar-refractivity contribution is 7.87. The van der Waals surface area contributed by atoms with Crippen LogP contribution >= 0.6 is 0 Å². The number of nitriles is 1. The summed E-state index contributed by atoms with van der Waals surface area (Å²) in [7, 11) is -2.14. The van der Waals surface area contributed by atoms with Crippen molar-refractivity contribution in [1.82, 2.24) is 9.44 Å². The lowest BCUT2D eigenvalue weighted by Crippen LogP contribution is -2.53. The first-order valence-corrected chi connectivity index (χ1v) is 7.60. The molecule has 1 aliphatic rings. The fourth-order valence-corrected chi connectivity index (χ4v) is 3.25. The number of ether oxygens (including phenoxy) is 1. The van der Waals surface area contributed by atoms with Crippen LogP contribution in [0.5, 0.6) is 0 Å². The van der Waals surface area contributed by atoms with Gasteiger partial charge in [-0.05, 0) is 31.6 Å². The van der Waals surface area contributed by atoms with E-state index in [1.165, 1.54) is 7.11 Å². The third-order valence-electron chi connectivity index (χ3n) is 3.27. The average Bonchev–Trinajstić information content (AvgIpc) is 2.32. The second-order valence-electron chi connectivity index (χ2n) is 4.87. The SMILES string of the molecule is COCCNS(=O)(=O)NC1(C#N)CCC(C)CC1. The summed E-state index contributed by atoms with van der Waals surface area (Å²) in [6.07, 6.45) is 2.87. The van der Waals surface area contributed by atoms with E-state index in [4.69, 9.17) is 4.74 Å². The molecule has 0 radical (unpaired) electrons. The van der Waals surface area contributed by atoms with Crippen LogP contribution in [-0.2, 0) is 14.9 Å². The highest BCUT2D eigenvalue weighted by Gasteiger charge is 2.37. The molecule has 1 saturated carbocycles. The highest BCUT2D eigenvalue weighted by atomic mass is 32.2. The number of hydrogen-bond donors (Lipinski definition) is 2. The minimum Gasteiger partial charge on any atom is -0.383 e. The van der Waals surface area contributed by atoms with Crippen LogP contribution < -0.4 is 9.44 Å². The van der Waals surface area contributed by atoms with Gasteiger partial charge < -0.3 is 4.74 Å². The van der Waals surface area contributed by atoms with Gasteiger partial charge in [-0.1, -0.05) is 6.92 Å². The van der Waals surface area contributed by atoms with Crippen LogP contribution in [0.15, 0.2) is 0 Å². The monoisotopic (exact) mass is 275 g/mol. The third kappa shape index (κ3) is 4.53. The van der Waals surface area contributed by atoms with Crippen molar-refractivity contribution in [2.75, 3.05) is 20.3 Å².